The second-order valence-corrected chi connectivity index (χ2v) is 10.9. The summed E-state index contributed by atoms with van der Waals surface area (Å²) in [7, 11) is 2.05. The predicted octanol–water partition coefficient (Wildman–Crippen LogP) is 3.47. The Hall–Kier alpha value is -3.30. The molecule has 1 saturated carbocycles. The van der Waals surface area contributed by atoms with E-state index in [9.17, 15) is 9.59 Å². The quantitative estimate of drug-likeness (QED) is 0.356. The van der Waals surface area contributed by atoms with Crippen LogP contribution in [0.15, 0.2) is 66.7 Å². The zero-order chi connectivity index (χ0) is 30.9. The molecule has 0 spiro atoms. The number of carbonyl (C=O) groups is 2. The van der Waals surface area contributed by atoms with Crippen LogP contribution >= 0.6 is 0 Å². The van der Waals surface area contributed by atoms with Crippen LogP contribution in [-0.4, -0.2) is 90.9 Å². The molecular weight excluding hydrogens is 528 g/mol. The van der Waals surface area contributed by atoms with Crippen molar-refractivity contribution in [2.24, 2.45) is 5.73 Å². The first-order valence-corrected chi connectivity index (χ1v) is 14.9. The molecule has 230 valence electrons. The van der Waals surface area contributed by atoms with E-state index in [1.54, 1.807) is 0 Å². The molecule has 1 saturated heterocycles. The lowest BCUT2D eigenvalue weighted by Gasteiger charge is -2.32. The summed E-state index contributed by atoms with van der Waals surface area (Å²) in [5.41, 5.74) is 8.70. The van der Waals surface area contributed by atoms with E-state index in [2.05, 4.69) is 41.4 Å². The minimum Gasteiger partial charge on any atom is -0.394 e. The van der Waals surface area contributed by atoms with E-state index < -0.39 is 6.10 Å². The molecule has 3 aromatic rings. The molecule has 1 aliphatic carbocycles. The van der Waals surface area contributed by atoms with Crippen LogP contribution < -0.4 is 11.1 Å². The summed E-state index contributed by atoms with van der Waals surface area (Å²) in [6, 6.07) is 23.0. The van der Waals surface area contributed by atoms with E-state index in [0.717, 1.165) is 55.0 Å². The monoisotopic (exact) mass is 578 g/mol. The van der Waals surface area contributed by atoms with Crippen molar-refractivity contribution < 1.29 is 19.8 Å². The van der Waals surface area contributed by atoms with Crippen LogP contribution in [0, 0.1) is 6.92 Å². The highest BCUT2D eigenvalue weighted by molar-refractivity contribution is 5.87. The normalized spacial score (nSPS) is 15.2. The highest BCUT2D eigenvalue weighted by atomic mass is 16.3. The summed E-state index contributed by atoms with van der Waals surface area (Å²) in [4.78, 5) is 28.2. The second-order valence-electron chi connectivity index (χ2n) is 10.9. The number of aryl methyl sites for hydroxylation is 1. The number of carbonyl (C=O) groups excluding carboxylic acids is 2. The summed E-state index contributed by atoms with van der Waals surface area (Å²) in [6.07, 6.45) is 2.54. The molecule has 8 nitrogen and oxygen atoms in total. The zero-order valence-electron chi connectivity index (χ0n) is 25.8. The van der Waals surface area contributed by atoms with Gasteiger partial charge >= 0.3 is 0 Å². The Morgan fingerprint density at radius 3 is 2.10 bits per heavy atom. The number of nitrogens with two attached hydrogens (primary N) is 1. The highest BCUT2D eigenvalue weighted by Gasteiger charge is 2.22. The maximum Gasteiger partial charge on any atom is 0.242 e. The lowest BCUT2D eigenvalue weighted by Crippen LogP contribution is -2.50. The smallest absolute Gasteiger partial charge is 0.242 e. The van der Waals surface area contributed by atoms with Gasteiger partial charge in [-0.15, -0.1) is 0 Å². The fraction of sp³-hybridized carbons (Fsp3) is 0.471. The minimum atomic E-state index is -0.560. The van der Waals surface area contributed by atoms with Crippen molar-refractivity contribution in [1.82, 2.24) is 15.1 Å². The van der Waals surface area contributed by atoms with Crippen LogP contribution in [0.5, 0.6) is 0 Å². The predicted molar refractivity (Wildman–Crippen MR) is 171 cm³/mol. The van der Waals surface area contributed by atoms with Crippen molar-refractivity contribution in [3.8, 4) is 0 Å². The molecule has 42 heavy (non-hydrogen) atoms. The molecule has 1 aliphatic heterocycles. The van der Waals surface area contributed by atoms with Crippen LogP contribution in [0.3, 0.4) is 0 Å². The average Bonchev–Trinajstić information content (AvgIpc) is 3.83. The number of fused-ring (bicyclic) bond motifs is 1. The summed E-state index contributed by atoms with van der Waals surface area (Å²) in [5.74, 6) is 0.781. The Morgan fingerprint density at radius 2 is 1.55 bits per heavy atom. The van der Waals surface area contributed by atoms with E-state index in [4.69, 9.17) is 15.9 Å². The van der Waals surface area contributed by atoms with Gasteiger partial charge in [-0.2, -0.15) is 0 Å². The fourth-order valence-electron chi connectivity index (χ4n) is 4.19. The first-order valence-electron chi connectivity index (χ1n) is 14.9. The van der Waals surface area contributed by atoms with Gasteiger partial charge in [-0.25, -0.2) is 0 Å². The van der Waals surface area contributed by atoms with Crippen LogP contribution in [0.25, 0.3) is 10.8 Å². The largest absolute Gasteiger partial charge is 0.394 e. The molecule has 2 aliphatic rings. The van der Waals surface area contributed by atoms with Crippen molar-refractivity contribution >= 4 is 22.6 Å². The Morgan fingerprint density at radius 1 is 0.976 bits per heavy atom. The minimum absolute atomic E-state index is 0.00467. The maximum atomic E-state index is 12.1. The van der Waals surface area contributed by atoms with Crippen LogP contribution in [0.1, 0.15) is 49.3 Å². The van der Waals surface area contributed by atoms with Gasteiger partial charge in [-0.1, -0.05) is 79.2 Å². The third-order valence-corrected chi connectivity index (χ3v) is 6.86. The van der Waals surface area contributed by atoms with E-state index in [1.807, 2.05) is 61.3 Å². The van der Waals surface area contributed by atoms with Gasteiger partial charge in [0.15, 0.2) is 0 Å². The highest BCUT2D eigenvalue weighted by Crippen LogP contribution is 2.39. The van der Waals surface area contributed by atoms with Crippen molar-refractivity contribution in [2.75, 3.05) is 52.9 Å². The average molecular weight is 579 g/mol. The van der Waals surface area contributed by atoms with Crippen molar-refractivity contribution in [2.45, 2.75) is 52.1 Å². The van der Waals surface area contributed by atoms with Gasteiger partial charge in [0.2, 0.25) is 11.8 Å². The third-order valence-electron chi connectivity index (χ3n) is 6.86. The first-order chi connectivity index (χ1) is 20.2. The lowest BCUT2D eigenvalue weighted by atomic mass is 10.0. The van der Waals surface area contributed by atoms with Crippen LogP contribution in [0.2, 0.25) is 0 Å². The fourth-order valence-corrected chi connectivity index (χ4v) is 4.19. The number of piperazine rings is 1. The van der Waals surface area contributed by atoms with Gasteiger partial charge in [0.1, 0.15) is 0 Å². The van der Waals surface area contributed by atoms with Crippen molar-refractivity contribution in [1.29, 1.82) is 0 Å². The summed E-state index contributed by atoms with van der Waals surface area (Å²) in [6.45, 7) is 9.49. The summed E-state index contributed by atoms with van der Waals surface area (Å²) in [5, 5.41) is 21.0. The molecule has 1 unspecified atom stereocenters. The standard InChI is InChI=1S/C19H23N3O2.C10H12.C3H8O2.C2H7N/c1-21-8-10-22(11-9-21)19(24)14-20-18(23)13-15-6-7-16-4-2-3-5-17(16)12-15;1-8-2-4-9(5-3-8)10-6-7-10;1-3(5)2-4;1-2-3/h2-7,12H,8-11,13-14H2,1H3,(H,20,23);2-5,10H,6-7H2,1H3;3-5H,2H2,1H3;2-3H2,1H3. The number of aliphatic hydroxyl groups is 2. The Balaban J connectivity index is 0.000000279. The molecular formula is C34H50N4O4. The molecule has 5 N–H and O–H groups in total. The summed E-state index contributed by atoms with van der Waals surface area (Å²) < 4.78 is 0. The number of likely N-dealkylation sites (N-methyl/N-ethyl adjacent to an activating group) is 1. The van der Waals surface area contributed by atoms with Crippen LogP contribution in [0.4, 0.5) is 0 Å². The number of hydrogen-bond donors (Lipinski definition) is 4. The molecule has 2 fully saturated rings. The van der Waals surface area contributed by atoms with Gasteiger partial charge in [-0.3, -0.25) is 9.59 Å². The number of amides is 2. The lowest BCUT2D eigenvalue weighted by molar-refractivity contribution is -0.134. The molecule has 0 radical (unpaired) electrons. The molecule has 5 rings (SSSR count). The zero-order valence-corrected chi connectivity index (χ0v) is 25.8. The van der Waals surface area contributed by atoms with Crippen LogP contribution in [-0.2, 0) is 16.0 Å². The van der Waals surface area contributed by atoms with Gasteiger partial charge in [0.25, 0.3) is 0 Å². The molecule has 2 amide bonds. The number of benzene rings is 3. The Labute approximate surface area is 251 Å². The number of hydrogen-bond acceptors (Lipinski definition) is 6. The van der Waals surface area contributed by atoms with Gasteiger partial charge in [0.05, 0.1) is 25.7 Å². The summed E-state index contributed by atoms with van der Waals surface area (Å²) >= 11 is 0. The van der Waals surface area contributed by atoms with E-state index in [-0.39, 0.29) is 25.0 Å². The molecule has 1 atom stereocenters. The Bertz CT molecular complexity index is 1200. The molecule has 8 heteroatoms. The van der Waals surface area contributed by atoms with E-state index in [1.165, 1.54) is 30.9 Å². The number of nitrogens with one attached hydrogen (secondary N) is 1. The first kappa shape index (κ1) is 34.9. The van der Waals surface area contributed by atoms with E-state index in [0.29, 0.717) is 6.42 Å². The van der Waals surface area contributed by atoms with Crippen molar-refractivity contribution in [3.05, 3.63) is 83.4 Å². The van der Waals surface area contributed by atoms with Crippen molar-refractivity contribution in [3.63, 3.8) is 0 Å². The molecule has 1 heterocycles. The number of nitrogens with zero attached hydrogens (tertiary/aromatic N) is 2. The second kappa shape index (κ2) is 19.0. The van der Waals surface area contributed by atoms with E-state index >= 15 is 0 Å². The van der Waals surface area contributed by atoms with Gasteiger partial charge < -0.3 is 31.1 Å². The molecule has 0 bridgehead atoms. The number of aliphatic hydroxyl groups excluding tert-OH is 2. The Kier molecular flexibility index (Phi) is 15.8. The SMILES string of the molecule is CC(O)CO.CCN.CN1CCN(C(=O)CNC(=O)Cc2ccc3ccccc3c2)CC1.Cc1ccc(C2CC2)cc1. The third kappa shape index (κ3) is 13.6. The maximum absolute atomic E-state index is 12.1. The van der Waals surface area contributed by atoms with Gasteiger partial charge in [-0.05, 0) is 68.1 Å². The number of rotatable bonds is 6. The van der Waals surface area contributed by atoms with Gasteiger partial charge in [0, 0.05) is 26.2 Å². The molecule has 0 aromatic heterocycles. The topological polar surface area (TPSA) is 119 Å². The molecule has 3 aromatic carbocycles.